The van der Waals surface area contributed by atoms with E-state index in [-0.39, 0.29) is 0 Å². The second kappa shape index (κ2) is 5.35. The lowest BCUT2D eigenvalue weighted by Gasteiger charge is -2.08. The third-order valence-corrected chi connectivity index (χ3v) is 3.40. The van der Waals surface area contributed by atoms with E-state index in [2.05, 4.69) is 37.3 Å². The molecular formula is C17H18O2. The zero-order chi connectivity index (χ0) is 13.1. The molecule has 2 aromatic rings. The van der Waals surface area contributed by atoms with Crippen LogP contribution in [0.4, 0.5) is 0 Å². The molecule has 1 heterocycles. The molecule has 98 valence electrons. The zero-order valence-electron chi connectivity index (χ0n) is 11.2. The van der Waals surface area contributed by atoms with Crippen molar-refractivity contribution in [1.82, 2.24) is 0 Å². The lowest BCUT2D eigenvalue weighted by Crippen LogP contribution is -2.01. The monoisotopic (exact) mass is 254 g/mol. The maximum absolute atomic E-state index is 5.78. The first kappa shape index (κ1) is 12.1. The number of aryl methyl sites for hydroxylation is 1. The van der Waals surface area contributed by atoms with Crippen molar-refractivity contribution in [3.63, 3.8) is 0 Å². The Morgan fingerprint density at radius 3 is 3.00 bits per heavy atom. The molecule has 0 amide bonds. The van der Waals surface area contributed by atoms with Crippen LogP contribution in [0.2, 0.25) is 0 Å². The summed E-state index contributed by atoms with van der Waals surface area (Å²) in [5.74, 6) is 1.99. The summed E-state index contributed by atoms with van der Waals surface area (Å²) < 4.78 is 11.3. The van der Waals surface area contributed by atoms with E-state index in [9.17, 15) is 0 Å². The number of ether oxygens (including phenoxy) is 2. The summed E-state index contributed by atoms with van der Waals surface area (Å²) in [6.45, 7) is 3.61. The molecule has 2 aromatic carbocycles. The van der Waals surface area contributed by atoms with Crippen LogP contribution in [0.5, 0.6) is 11.5 Å². The van der Waals surface area contributed by atoms with Gasteiger partial charge >= 0.3 is 0 Å². The molecule has 1 aliphatic rings. The summed E-state index contributed by atoms with van der Waals surface area (Å²) in [7, 11) is 0. The molecule has 0 aromatic heterocycles. The molecule has 0 atom stereocenters. The lowest BCUT2D eigenvalue weighted by atomic mass is 10.1. The Labute approximate surface area is 114 Å². The van der Waals surface area contributed by atoms with Gasteiger partial charge in [0.2, 0.25) is 0 Å². The highest BCUT2D eigenvalue weighted by molar-refractivity contribution is 5.39. The van der Waals surface area contributed by atoms with Crippen LogP contribution in [0.15, 0.2) is 42.5 Å². The van der Waals surface area contributed by atoms with Gasteiger partial charge in [-0.25, -0.2) is 0 Å². The first-order valence-electron chi connectivity index (χ1n) is 6.75. The van der Waals surface area contributed by atoms with Gasteiger partial charge in [-0.2, -0.15) is 0 Å². The van der Waals surface area contributed by atoms with Crippen molar-refractivity contribution in [3.8, 4) is 11.5 Å². The van der Waals surface area contributed by atoms with Crippen LogP contribution in [-0.4, -0.2) is 13.2 Å². The SMILES string of the molecule is Cc1cccc(OCCc2ccc3c(c2)CCO3)c1. The highest BCUT2D eigenvalue weighted by Crippen LogP contribution is 2.26. The van der Waals surface area contributed by atoms with Crippen LogP contribution in [-0.2, 0) is 12.8 Å². The van der Waals surface area contributed by atoms with E-state index < -0.39 is 0 Å². The van der Waals surface area contributed by atoms with E-state index >= 15 is 0 Å². The summed E-state index contributed by atoms with van der Waals surface area (Å²) in [4.78, 5) is 0. The van der Waals surface area contributed by atoms with Gasteiger partial charge in [0.05, 0.1) is 13.2 Å². The van der Waals surface area contributed by atoms with Gasteiger partial charge in [-0.1, -0.05) is 24.3 Å². The highest BCUT2D eigenvalue weighted by Gasteiger charge is 2.11. The molecule has 0 N–H and O–H groups in total. The predicted molar refractivity (Wildman–Crippen MR) is 76.0 cm³/mol. The Morgan fingerprint density at radius 1 is 1.16 bits per heavy atom. The van der Waals surface area contributed by atoms with Crippen LogP contribution in [0, 0.1) is 6.92 Å². The predicted octanol–water partition coefficient (Wildman–Crippen LogP) is 3.55. The maximum Gasteiger partial charge on any atom is 0.122 e. The Kier molecular flexibility index (Phi) is 3.41. The fourth-order valence-corrected chi connectivity index (χ4v) is 2.39. The van der Waals surface area contributed by atoms with Crippen LogP contribution in [0.1, 0.15) is 16.7 Å². The van der Waals surface area contributed by atoms with E-state index in [0.717, 1.165) is 30.9 Å². The van der Waals surface area contributed by atoms with E-state index in [1.807, 2.05) is 12.1 Å². The summed E-state index contributed by atoms with van der Waals surface area (Å²) in [6, 6.07) is 14.6. The number of hydrogen-bond acceptors (Lipinski definition) is 2. The first-order chi connectivity index (χ1) is 9.31. The average Bonchev–Trinajstić information content (AvgIpc) is 2.86. The summed E-state index contributed by atoms with van der Waals surface area (Å²) >= 11 is 0. The molecule has 0 spiro atoms. The second-order valence-electron chi connectivity index (χ2n) is 4.96. The quantitative estimate of drug-likeness (QED) is 0.830. The molecule has 0 saturated heterocycles. The molecule has 0 fully saturated rings. The third kappa shape index (κ3) is 2.90. The van der Waals surface area contributed by atoms with Gasteiger partial charge in [0.1, 0.15) is 11.5 Å². The van der Waals surface area contributed by atoms with Gasteiger partial charge in [0.25, 0.3) is 0 Å². The van der Waals surface area contributed by atoms with Gasteiger partial charge in [-0.05, 0) is 41.8 Å². The number of fused-ring (bicyclic) bond motifs is 1. The van der Waals surface area contributed by atoms with Gasteiger partial charge in [0.15, 0.2) is 0 Å². The van der Waals surface area contributed by atoms with Crippen LogP contribution >= 0.6 is 0 Å². The van der Waals surface area contributed by atoms with E-state index in [1.54, 1.807) is 0 Å². The van der Waals surface area contributed by atoms with Crippen LogP contribution < -0.4 is 9.47 Å². The Balaban J connectivity index is 1.58. The highest BCUT2D eigenvalue weighted by atomic mass is 16.5. The molecule has 0 bridgehead atoms. The molecule has 0 aliphatic carbocycles. The molecule has 0 unspecified atom stereocenters. The van der Waals surface area contributed by atoms with Crippen molar-refractivity contribution in [1.29, 1.82) is 0 Å². The summed E-state index contributed by atoms with van der Waals surface area (Å²) in [5, 5.41) is 0. The van der Waals surface area contributed by atoms with Gasteiger partial charge in [0, 0.05) is 12.8 Å². The molecule has 3 rings (SSSR count). The molecule has 1 aliphatic heterocycles. The average molecular weight is 254 g/mol. The fraction of sp³-hybridized carbons (Fsp3) is 0.294. The molecule has 0 saturated carbocycles. The topological polar surface area (TPSA) is 18.5 Å². The Morgan fingerprint density at radius 2 is 2.11 bits per heavy atom. The van der Waals surface area contributed by atoms with Gasteiger partial charge in [-0.3, -0.25) is 0 Å². The second-order valence-corrected chi connectivity index (χ2v) is 4.96. The molecule has 19 heavy (non-hydrogen) atoms. The van der Waals surface area contributed by atoms with Crippen molar-refractivity contribution < 1.29 is 9.47 Å². The fourth-order valence-electron chi connectivity index (χ4n) is 2.39. The van der Waals surface area contributed by atoms with Crippen molar-refractivity contribution >= 4 is 0 Å². The van der Waals surface area contributed by atoms with Crippen molar-refractivity contribution in [2.45, 2.75) is 19.8 Å². The van der Waals surface area contributed by atoms with E-state index in [4.69, 9.17) is 9.47 Å². The van der Waals surface area contributed by atoms with E-state index in [0.29, 0.717) is 6.61 Å². The van der Waals surface area contributed by atoms with E-state index in [1.165, 1.54) is 16.7 Å². The summed E-state index contributed by atoms with van der Waals surface area (Å²) in [5.41, 5.74) is 3.87. The Bertz CT molecular complexity index is 575. The molecular weight excluding hydrogens is 236 g/mol. The number of hydrogen-bond donors (Lipinski definition) is 0. The third-order valence-electron chi connectivity index (χ3n) is 3.40. The van der Waals surface area contributed by atoms with Crippen molar-refractivity contribution in [2.75, 3.05) is 13.2 Å². The lowest BCUT2D eigenvalue weighted by molar-refractivity contribution is 0.321. The molecule has 2 nitrogen and oxygen atoms in total. The maximum atomic E-state index is 5.78. The van der Waals surface area contributed by atoms with Crippen LogP contribution in [0.25, 0.3) is 0 Å². The zero-order valence-corrected chi connectivity index (χ0v) is 11.2. The normalized spacial score (nSPS) is 12.9. The standard InChI is InChI=1S/C17H18O2/c1-13-3-2-4-16(11-13)18-9-7-14-5-6-17-15(12-14)8-10-19-17/h2-6,11-12H,7-10H2,1H3. The molecule has 0 radical (unpaired) electrons. The Hall–Kier alpha value is -1.96. The number of rotatable bonds is 4. The van der Waals surface area contributed by atoms with Crippen molar-refractivity contribution in [2.24, 2.45) is 0 Å². The van der Waals surface area contributed by atoms with Gasteiger partial charge < -0.3 is 9.47 Å². The molecule has 2 heteroatoms. The number of benzene rings is 2. The minimum Gasteiger partial charge on any atom is -0.493 e. The smallest absolute Gasteiger partial charge is 0.122 e. The van der Waals surface area contributed by atoms with Crippen molar-refractivity contribution in [3.05, 3.63) is 59.2 Å². The van der Waals surface area contributed by atoms with Crippen LogP contribution in [0.3, 0.4) is 0 Å². The minimum absolute atomic E-state index is 0.711. The first-order valence-corrected chi connectivity index (χ1v) is 6.75. The summed E-state index contributed by atoms with van der Waals surface area (Å²) in [6.07, 6.45) is 1.96. The van der Waals surface area contributed by atoms with Gasteiger partial charge in [-0.15, -0.1) is 0 Å². The minimum atomic E-state index is 0.711. The largest absolute Gasteiger partial charge is 0.493 e.